The van der Waals surface area contributed by atoms with Crippen LogP contribution in [0.15, 0.2) is 29.6 Å². The van der Waals surface area contributed by atoms with Gasteiger partial charge in [0.2, 0.25) is 5.78 Å². The Bertz CT molecular complexity index is 737. The molecule has 0 aliphatic carbocycles. The minimum Gasteiger partial charge on any atom is -0.309 e. The number of ketones is 1. The molecule has 166 valence electrons. The van der Waals surface area contributed by atoms with Crippen LogP contribution in [0.2, 0.25) is 0 Å². The number of thiophene rings is 1. The van der Waals surface area contributed by atoms with E-state index in [0.29, 0.717) is 5.92 Å². The maximum Gasteiger partial charge on any atom is 0.204 e. The molecule has 0 spiro atoms. The van der Waals surface area contributed by atoms with E-state index in [9.17, 15) is 4.79 Å². The van der Waals surface area contributed by atoms with Crippen molar-refractivity contribution in [1.82, 2.24) is 9.88 Å². The van der Waals surface area contributed by atoms with Crippen LogP contribution < -0.4 is 0 Å². The van der Waals surface area contributed by atoms with Crippen molar-refractivity contribution >= 4 is 17.1 Å². The molecule has 0 aliphatic heterocycles. The summed E-state index contributed by atoms with van der Waals surface area (Å²) in [7, 11) is 4.30. The van der Waals surface area contributed by atoms with Gasteiger partial charge in [-0.3, -0.25) is 9.78 Å². The van der Waals surface area contributed by atoms with Crippen molar-refractivity contribution in [1.29, 1.82) is 0 Å². The van der Waals surface area contributed by atoms with Gasteiger partial charge in [0.25, 0.3) is 0 Å². The maximum atomic E-state index is 12.9. The molecule has 2 aromatic rings. The van der Waals surface area contributed by atoms with Gasteiger partial charge in [-0.1, -0.05) is 64.9 Å². The van der Waals surface area contributed by atoms with E-state index >= 15 is 0 Å². The minimum atomic E-state index is 0.122. The van der Waals surface area contributed by atoms with E-state index in [1.54, 1.807) is 0 Å². The van der Waals surface area contributed by atoms with E-state index in [0.717, 1.165) is 34.7 Å². The van der Waals surface area contributed by atoms with Crippen LogP contribution in [0.3, 0.4) is 0 Å². The van der Waals surface area contributed by atoms with E-state index in [-0.39, 0.29) is 5.78 Å². The topological polar surface area (TPSA) is 33.2 Å². The van der Waals surface area contributed by atoms with Gasteiger partial charge < -0.3 is 4.90 Å². The molecule has 0 fully saturated rings. The lowest BCUT2D eigenvalue weighted by Gasteiger charge is -2.12. The van der Waals surface area contributed by atoms with Crippen molar-refractivity contribution in [2.75, 3.05) is 20.6 Å². The maximum absolute atomic E-state index is 12.9. The first-order valence-electron chi connectivity index (χ1n) is 11.7. The second-order valence-electron chi connectivity index (χ2n) is 8.93. The molecule has 4 heteroatoms. The summed E-state index contributed by atoms with van der Waals surface area (Å²) in [5.74, 6) is 0.504. The van der Waals surface area contributed by atoms with Gasteiger partial charge in [0.05, 0.1) is 10.6 Å². The Hall–Kier alpha value is -1.52. The van der Waals surface area contributed by atoms with Crippen molar-refractivity contribution in [3.63, 3.8) is 0 Å². The van der Waals surface area contributed by atoms with Crippen LogP contribution in [-0.4, -0.2) is 36.3 Å². The Morgan fingerprint density at radius 2 is 1.57 bits per heavy atom. The average Bonchev–Trinajstić information content (AvgIpc) is 3.26. The van der Waals surface area contributed by atoms with E-state index in [1.807, 2.05) is 29.6 Å². The third kappa shape index (κ3) is 8.69. The van der Waals surface area contributed by atoms with Crippen molar-refractivity contribution in [3.05, 3.63) is 51.5 Å². The van der Waals surface area contributed by atoms with Gasteiger partial charge in [-0.05, 0) is 69.4 Å². The zero-order valence-corrected chi connectivity index (χ0v) is 20.3. The van der Waals surface area contributed by atoms with Crippen molar-refractivity contribution in [3.8, 4) is 0 Å². The summed E-state index contributed by atoms with van der Waals surface area (Å²) >= 11 is 1.51. The highest BCUT2D eigenvalue weighted by atomic mass is 32.1. The van der Waals surface area contributed by atoms with Gasteiger partial charge in [0.1, 0.15) is 0 Å². The van der Waals surface area contributed by atoms with Crippen molar-refractivity contribution < 1.29 is 4.79 Å². The molecular formula is C26H40N2OS. The molecule has 0 atom stereocenters. The van der Waals surface area contributed by atoms with E-state index in [4.69, 9.17) is 4.98 Å². The Kier molecular flexibility index (Phi) is 11.3. The number of aryl methyl sites for hydroxylation is 1. The molecule has 0 bridgehead atoms. The first kappa shape index (κ1) is 24.7. The number of carbonyl (C=O) groups excluding carboxylic acids is 1. The van der Waals surface area contributed by atoms with Gasteiger partial charge >= 0.3 is 0 Å². The fourth-order valence-electron chi connectivity index (χ4n) is 3.74. The van der Waals surface area contributed by atoms with E-state index in [1.165, 1.54) is 69.2 Å². The summed E-state index contributed by atoms with van der Waals surface area (Å²) in [5, 5.41) is 1.96. The number of unbranched alkanes of at least 4 members (excludes halogenated alkanes) is 8. The van der Waals surface area contributed by atoms with Crippen LogP contribution in [0, 0.1) is 0 Å². The molecule has 30 heavy (non-hydrogen) atoms. The second kappa shape index (κ2) is 13.7. The number of pyridine rings is 1. The molecule has 2 aromatic heterocycles. The monoisotopic (exact) mass is 428 g/mol. The smallest absolute Gasteiger partial charge is 0.204 e. The molecule has 3 nitrogen and oxygen atoms in total. The lowest BCUT2D eigenvalue weighted by molar-refractivity contribution is 0.104. The van der Waals surface area contributed by atoms with Gasteiger partial charge in [0, 0.05) is 11.3 Å². The minimum absolute atomic E-state index is 0.122. The number of hydrogen-bond acceptors (Lipinski definition) is 4. The third-order valence-electron chi connectivity index (χ3n) is 5.60. The first-order chi connectivity index (χ1) is 14.5. The second-order valence-corrected chi connectivity index (χ2v) is 9.87. The Morgan fingerprint density at radius 3 is 2.13 bits per heavy atom. The van der Waals surface area contributed by atoms with Crippen LogP contribution in [0.4, 0.5) is 0 Å². The predicted octanol–water partition coefficient (Wildman–Crippen LogP) is 7.11. The molecule has 2 rings (SSSR count). The summed E-state index contributed by atoms with van der Waals surface area (Å²) in [6.07, 6.45) is 12.6. The molecular weight excluding hydrogens is 388 g/mol. The average molecular weight is 429 g/mol. The van der Waals surface area contributed by atoms with Gasteiger partial charge in [0.15, 0.2) is 0 Å². The molecule has 0 N–H and O–H groups in total. The number of rotatable bonds is 15. The Morgan fingerprint density at radius 1 is 0.933 bits per heavy atom. The Balaban J connectivity index is 1.74. The summed E-state index contributed by atoms with van der Waals surface area (Å²) in [4.78, 5) is 20.8. The predicted molar refractivity (Wildman–Crippen MR) is 130 cm³/mol. The number of hydrogen-bond donors (Lipinski definition) is 0. The number of carbonyl (C=O) groups is 1. The molecule has 0 saturated carbocycles. The molecule has 0 aromatic carbocycles. The lowest BCUT2D eigenvalue weighted by Crippen LogP contribution is -2.12. The van der Waals surface area contributed by atoms with Gasteiger partial charge in [-0.25, -0.2) is 0 Å². The van der Waals surface area contributed by atoms with E-state index < -0.39 is 0 Å². The lowest BCUT2D eigenvalue weighted by atomic mass is 9.99. The highest BCUT2D eigenvalue weighted by Crippen LogP contribution is 2.22. The normalized spacial score (nSPS) is 11.5. The van der Waals surface area contributed by atoms with Crippen LogP contribution in [0.5, 0.6) is 0 Å². The molecule has 0 radical (unpaired) electrons. The molecule has 0 amide bonds. The highest BCUT2D eigenvalue weighted by molar-refractivity contribution is 7.12. The fraction of sp³-hybridized carbons (Fsp3) is 0.615. The van der Waals surface area contributed by atoms with E-state index in [2.05, 4.69) is 32.8 Å². The highest BCUT2D eigenvalue weighted by Gasteiger charge is 2.17. The van der Waals surface area contributed by atoms with Gasteiger partial charge in [-0.2, -0.15) is 0 Å². The largest absolute Gasteiger partial charge is 0.309 e. The number of aromatic nitrogens is 1. The summed E-state index contributed by atoms with van der Waals surface area (Å²) in [6.45, 7) is 5.53. The summed E-state index contributed by atoms with van der Waals surface area (Å²) in [6, 6.07) is 7.87. The zero-order valence-electron chi connectivity index (χ0n) is 19.5. The molecule has 2 heterocycles. The number of nitrogens with zero attached hydrogens (tertiary/aromatic N) is 2. The summed E-state index contributed by atoms with van der Waals surface area (Å²) < 4.78 is 0. The van der Waals surface area contributed by atoms with Crippen LogP contribution in [0.1, 0.15) is 104 Å². The van der Waals surface area contributed by atoms with Crippen molar-refractivity contribution in [2.24, 2.45) is 0 Å². The summed E-state index contributed by atoms with van der Waals surface area (Å²) in [5.41, 5.74) is 2.86. The molecule has 0 saturated heterocycles. The molecule has 0 aliphatic rings. The van der Waals surface area contributed by atoms with Crippen LogP contribution >= 0.6 is 11.3 Å². The zero-order chi connectivity index (χ0) is 21.8. The van der Waals surface area contributed by atoms with Gasteiger partial charge in [-0.15, -0.1) is 11.3 Å². The fourth-order valence-corrected chi connectivity index (χ4v) is 4.41. The SMILES string of the molecule is CC(C)c1ccc(C(=O)c2cccs2)c(CCCCCCCCCCCN(C)C)n1. The third-order valence-corrected chi connectivity index (χ3v) is 6.46. The van der Waals surface area contributed by atoms with Crippen molar-refractivity contribution in [2.45, 2.75) is 84.0 Å². The quantitative estimate of drug-likeness (QED) is 0.224. The first-order valence-corrected chi connectivity index (χ1v) is 12.6. The standard InChI is InChI=1S/C26H40N2OS/c1-21(2)23-18-17-22(26(29)25-16-14-20-30-25)24(27-23)15-12-10-8-6-5-7-9-11-13-19-28(3)4/h14,16-18,20-21H,5-13,15,19H2,1-4H3. The van der Waals surface area contributed by atoms with Crippen LogP contribution in [0.25, 0.3) is 0 Å². The Labute approximate surface area is 187 Å². The molecule has 0 unspecified atom stereocenters. The van der Waals surface area contributed by atoms with Crippen LogP contribution in [-0.2, 0) is 6.42 Å².